The average molecular weight is 202 g/mol. The summed E-state index contributed by atoms with van der Waals surface area (Å²) in [6.07, 6.45) is 0.685. The first-order valence-electron chi connectivity index (χ1n) is 4.93. The number of aromatic hydroxyl groups is 1. The second-order valence-electron chi connectivity index (χ2n) is 3.55. The first-order valence-corrected chi connectivity index (χ1v) is 4.93. The lowest BCUT2D eigenvalue weighted by Gasteiger charge is -2.09. The molecule has 0 aliphatic rings. The molecule has 0 atom stereocenters. The van der Waals surface area contributed by atoms with E-state index in [1.807, 2.05) is 24.3 Å². The summed E-state index contributed by atoms with van der Waals surface area (Å²) < 4.78 is 0. The molecular weight excluding hydrogens is 188 g/mol. The monoisotopic (exact) mass is 202 g/mol. The molecule has 2 rings (SSSR count). The third kappa shape index (κ3) is 1.62. The fourth-order valence-electron chi connectivity index (χ4n) is 1.80. The van der Waals surface area contributed by atoms with Crippen molar-refractivity contribution in [2.24, 2.45) is 5.73 Å². The first kappa shape index (κ1) is 9.80. The van der Waals surface area contributed by atoms with Gasteiger partial charge in [0.05, 0.1) is 0 Å². The molecule has 0 aromatic heterocycles. The van der Waals surface area contributed by atoms with Crippen LogP contribution < -0.4 is 11.5 Å². The SMILES string of the molecule is NCCc1cc(O)c2ccccc2c1N. The Morgan fingerprint density at radius 2 is 1.80 bits per heavy atom. The van der Waals surface area contributed by atoms with Gasteiger partial charge in [-0.05, 0) is 24.6 Å². The van der Waals surface area contributed by atoms with Crippen molar-refractivity contribution in [1.29, 1.82) is 0 Å². The van der Waals surface area contributed by atoms with Crippen LogP contribution >= 0.6 is 0 Å². The zero-order chi connectivity index (χ0) is 10.8. The van der Waals surface area contributed by atoms with Gasteiger partial charge in [-0.3, -0.25) is 0 Å². The van der Waals surface area contributed by atoms with Crippen LogP contribution in [0.4, 0.5) is 5.69 Å². The molecule has 3 heteroatoms. The summed E-state index contributed by atoms with van der Waals surface area (Å²) in [6.45, 7) is 0.530. The van der Waals surface area contributed by atoms with Crippen molar-refractivity contribution < 1.29 is 5.11 Å². The molecule has 15 heavy (non-hydrogen) atoms. The molecule has 0 saturated heterocycles. The van der Waals surface area contributed by atoms with E-state index in [4.69, 9.17) is 11.5 Å². The molecule has 0 fully saturated rings. The van der Waals surface area contributed by atoms with E-state index >= 15 is 0 Å². The minimum absolute atomic E-state index is 0.267. The summed E-state index contributed by atoms with van der Waals surface area (Å²) >= 11 is 0. The van der Waals surface area contributed by atoms with Crippen molar-refractivity contribution in [1.82, 2.24) is 0 Å². The predicted molar refractivity (Wildman–Crippen MR) is 62.8 cm³/mol. The maximum absolute atomic E-state index is 9.81. The lowest BCUT2D eigenvalue weighted by atomic mass is 10.0. The highest BCUT2D eigenvalue weighted by Crippen LogP contribution is 2.32. The second kappa shape index (κ2) is 3.79. The number of phenolic OH excluding ortho intramolecular Hbond substituents is 1. The van der Waals surface area contributed by atoms with Gasteiger partial charge in [-0.2, -0.15) is 0 Å². The minimum atomic E-state index is 0.267. The number of nitrogen functional groups attached to an aromatic ring is 1. The zero-order valence-electron chi connectivity index (χ0n) is 8.40. The largest absolute Gasteiger partial charge is 0.507 e. The van der Waals surface area contributed by atoms with Gasteiger partial charge in [0.2, 0.25) is 0 Å². The molecule has 5 N–H and O–H groups in total. The van der Waals surface area contributed by atoms with E-state index < -0.39 is 0 Å². The van der Waals surface area contributed by atoms with E-state index in [2.05, 4.69) is 0 Å². The number of phenols is 1. The summed E-state index contributed by atoms with van der Waals surface area (Å²) in [4.78, 5) is 0. The van der Waals surface area contributed by atoms with E-state index in [1.54, 1.807) is 6.07 Å². The maximum atomic E-state index is 9.81. The van der Waals surface area contributed by atoms with Crippen LogP contribution in [-0.4, -0.2) is 11.7 Å². The standard InChI is InChI=1S/C12H14N2O/c13-6-5-8-7-11(15)9-3-1-2-4-10(9)12(8)14/h1-4,7,15H,5-6,13-14H2. The van der Waals surface area contributed by atoms with Crippen molar-refractivity contribution in [3.63, 3.8) is 0 Å². The molecular formula is C12H14N2O. The highest BCUT2D eigenvalue weighted by atomic mass is 16.3. The molecule has 0 saturated carbocycles. The molecule has 2 aromatic carbocycles. The number of fused-ring (bicyclic) bond motifs is 1. The first-order chi connectivity index (χ1) is 7.24. The molecule has 0 aliphatic carbocycles. The Labute approximate surface area is 88.3 Å². The lowest BCUT2D eigenvalue weighted by Crippen LogP contribution is -2.05. The molecule has 78 valence electrons. The second-order valence-corrected chi connectivity index (χ2v) is 3.55. The van der Waals surface area contributed by atoms with Crippen LogP contribution in [0.5, 0.6) is 5.75 Å². The number of rotatable bonds is 2. The van der Waals surface area contributed by atoms with Crippen molar-refractivity contribution >= 4 is 16.5 Å². The average Bonchev–Trinajstić information content (AvgIpc) is 2.26. The molecule has 0 bridgehead atoms. The lowest BCUT2D eigenvalue weighted by molar-refractivity contribution is 0.481. The van der Waals surface area contributed by atoms with Crippen molar-refractivity contribution in [3.8, 4) is 5.75 Å². The fraction of sp³-hybridized carbons (Fsp3) is 0.167. The Kier molecular flexibility index (Phi) is 2.47. The highest BCUT2D eigenvalue weighted by Gasteiger charge is 2.07. The van der Waals surface area contributed by atoms with Crippen LogP contribution in [-0.2, 0) is 6.42 Å². The van der Waals surface area contributed by atoms with Crippen LogP contribution in [0.1, 0.15) is 5.56 Å². The topological polar surface area (TPSA) is 72.3 Å². The van der Waals surface area contributed by atoms with E-state index in [0.717, 1.165) is 16.3 Å². The van der Waals surface area contributed by atoms with Crippen molar-refractivity contribution in [2.45, 2.75) is 6.42 Å². The maximum Gasteiger partial charge on any atom is 0.123 e. The van der Waals surface area contributed by atoms with Crippen LogP contribution in [0.25, 0.3) is 10.8 Å². The molecule has 0 radical (unpaired) electrons. The van der Waals surface area contributed by atoms with E-state index in [-0.39, 0.29) is 5.75 Å². The predicted octanol–water partition coefficient (Wildman–Crippen LogP) is 1.63. The quantitative estimate of drug-likeness (QED) is 0.512. The Balaban J connectivity index is 2.72. The summed E-state index contributed by atoms with van der Waals surface area (Å²) in [6, 6.07) is 9.25. The van der Waals surface area contributed by atoms with Gasteiger partial charge in [-0.15, -0.1) is 0 Å². The summed E-state index contributed by atoms with van der Waals surface area (Å²) in [5.41, 5.74) is 13.1. The van der Waals surface area contributed by atoms with Crippen LogP contribution in [0.3, 0.4) is 0 Å². The van der Waals surface area contributed by atoms with Gasteiger partial charge in [0.15, 0.2) is 0 Å². The summed E-state index contributed by atoms with van der Waals surface area (Å²) in [7, 11) is 0. The molecule has 0 amide bonds. The van der Waals surface area contributed by atoms with Crippen LogP contribution in [0.2, 0.25) is 0 Å². The van der Waals surface area contributed by atoms with Gasteiger partial charge in [0, 0.05) is 16.5 Å². The van der Waals surface area contributed by atoms with Gasteiger partial charge in [0.25, 0.3) is 0 Å². The Hall–Kier alpha value is -1.74. The van der Waals surface area contributed by atoms with Crippen molar-refractivity contribution in [2.75, 3.05) is 12.3 Å². The fourth-order valence-corrected chi connectivity index (χ4v) is 1.80. The zero-order valence-corrected chi connectivity index (χ0v) is 8.40. The Morgan fingerprint density at radius 1 is 1.13 bits per heavy atom. The van der Waals surface area contributed by atoms with Crippen LogP contribution in [0.15, 0.2) is 30.3 Å². The third-order valence-corrected chi connectivity index (χ3v) is 2.56. The highest BCUT2D eigenvalue weighted by molar-refractivity contribution is 5.98. The van der Waals surface area contributed by atoms with Gasteiger partial charge in [-0.25, -0.2) is 0 Å². The Bertz CT molecular complexity index is 494. The van der Waals surface area contributed by atoms with E-state index in [0.29, 0.717) is 18.7 Å². The molecule has 0 unspecified atom stereocenters. The van der Waals surface area contributed by atoms with Gasteiger partial charge < -0.3 is 16.6 Å². The van der Waals surface area contributed by atoms with Crippen LogP contribution in [0, 0.1) is 0 Å². The Morgan fingerprint density at radius 3 is 2.47 bits per heavy atom. The van der Waals surface area contributed by atoms with Crippen molar-refractivity contribution in [3.05, 3.63) is 35.9 Å². The molecule has 3 nitrogen and oxygen atoms in total. The number of benzene rings is 2. The minimum Gasteiger partial charge on any atom is -0.507 e. The molecule has 0 heterocycles. The summed E-state index contributed by atoms with van der Waals surface area (Å²) in [5, 5.41) is 11.5. The molecule has 0 aliphatic heterocycles. The van der Waals surface area contributed by atoms with E-state index in [9.17, 15) is 5.11 Å². The normalized spacial score (nSPS) is 10.7. The van der Waals surface area contributed by atoms with Gasteiger partial charge in [-0.1, -0.05) is 24.3 Å². The van der Waals surface area contributed by atoms with Gasteiger partial charge >= 0.3 is 0 Å². The number of nitrogens with two attached hydrogens (primary N) is 2. The van der Waals surface area contributed by atoms with Gasteiger partial charge in [0.1, 0.15) is 5.75 Å². The molecule has 2 aromatic rings. The summed E-state index contributed by atoms with van der Waals surface area (Å²) in [5.74, 6) is 0.267. The number of hydrogen-bond donors (Lipinski definition) is 3. The smallest absolute Gasteiger partial charge is 0.123 e. The number of anilines is 1. The van der Waals surface area contributed by atoms with E-state index in [1.165, 1.54) is 0 Å². The number of hydrogen-bond acceptors (Lipinski definition) is 3. The third-order valence-electron chi connectivity index (χ3n) is 2.56. The molecule has 0 spiro atoms.